The van der Waals surface area contributed by atoms with Crippen molar-refractivity contribution in [3.8, 4) is 0 Å². The van der Waals surface area contributed by atoms with Gasteiger partial charge in [-0.2, -0.15) is 0 Å². The van der Waals surface area contributed by atoms with Gasteiger partial charge in [-0.1, -0.05) is 35.5 Å². The van der Waals surface area contributed by atoms with Crippen LogP contribution in [0.25, 0.3) is 6.08 Å². The molecule has 0 aliphatic rings. The van der Waals surface area contributed by atoms with E-state index in [0.29, 0.717) is 17.2 Å². The number of hydrogen-bond donors (Lipinski definition) is 1. The monoisotopic (exact) mass is 242 g/mol. The Hall–Kier alpha value is -2.36. The summed E-state index contributed by atoms with van der Waals surface area (Å²) in [5, 5.41) is 6.38. The normalized spacial score (nSPS) is 11.3. The molecule has 4 heteroatoms. The SMILES string of the molecule is C/C(=C\c1ccccc1)C(=O)Nc1cc(C)on1. The van der Waals surface area contributed by atoms with Gasteiger partial charge in [0.05, 0.1) is 0 Å². The van der Waals surface area contributed by atoms with Gasteiger partial charge in [-0.05, 0) is 25.5 Å². The number of amides is 1. The van der Waals surface area contributed by atoms with Crippen LogP contribution >= 0.6 is 0 Å². The Bertz CT molecular complexity index is 570. The number of nitrogens with zero attached hydrogens (tertiary/aromatic N) is 1. The van der Waals surface area contributed by atoms with Gasteiger partial charge in [0, 0.05) is 11.6 Å². The van der Waals surface area contributed by atoms with Crippen molar-refractivity contribution < 1.29 is 9.32 Å². The molecule has 1 heterocycles. The average Bonchev–Trinajstić information content (AvgIpc) is 2.76. The molecule has 4 nitrogen and oxygen atoms in total. The van der Waals surface area contributed by atoms with Crippen LogP contribution in [0, 0.1) is 6.92 Å². The lowest BCUT2D eigenvalue weighted by Crippen LogP contribution is -2.12. The molecule has 0 radical (unpaired) electrons. The zero-order valence-corrected chi connectivity index (χ0v) is 10.3. The molecule has 1 aromatic heterocycles. The number of rotatable bonds is 3. The summed E-state index contributed by atoms with van der Waals surface area (Å²) < 4.78 is 4.88. The van der Waals surface area contributed by atoms with Crippen molar-refractivity contribution in [1.29, 1.82) is 0 Å². The molecule has 0 spiro atoms. The maximum absolute atomic E-state index is 11.9. The van der Waals surface area contributed by atoms with Gasteiger partial charge in [-0.15, -0.1) is 0 Å². The number of aryl methyl sites for hydroxylation is 1. The Balaban J connectivity index is 2.07. The number of hydrogen-bond acceptors (Lipinski definition) is 3. The number of aromatic nitrogens is 1. The molecular weight excluding hydrogens is 228 g/mol. The van der Waals surface area contributed by atoms with E-state index < -0.39 is 0 Å². The van der Waals surface area contributed by atoms with Crippen molar-refractivity contribution in [2.45, 2.75) is 13.8 Å². The van der Waals surface area contributed by atoms with Gasteiger partial charge in [-0.3, -0.25) is 4.79 Å². The number of anilines is 1. The van der Waals surface area contributed by atoms with Crippen LogP contribution in [0.1, 0.15) is 18.2 Å². The minimum Gasteiger partial charge on any atom is -0.360 e. The molecule has 2 aromatic rings. The van der Waals surface area contributed by atoms with Crippen LogP contribution in [-0.4, -0.2) is 11.1 Å². The molecule has 1 amide bonds. The number of carbonyl (C=O) groups is 1. The molecule has 0 saturated heterocycles. The van der Waals surface area contributed by atoms with Gasteiger partial charge in [0.2, 0.25) is 0 Å². The van der Waals surface area contributed by atoms with E-state index >= 15 is 0 Å². The molecule has 92 valence electrons. The van der Waals surface area contributed by atoms with Crippen molar-refractivity contribution in [3.05, 3.63) is 53.3 Å². The van der Waals surface area contributed by atoms with Crippen LogP contribution in [0.4, 0.5) is 5.82 Å². The molecule has 18 heavy (non-hydrogen) atoms. The van der Waals surface area contributed by atoms with Gasteiger partial charge >= 0.3 is 0 Å². The van der Waals surface area contributed by atoms with E-state index in [1.54, 1.807) is 19.9 Å². The second kappa shape index (κ2) is 5.31. The second-order valence-corrected chi connectivity index (χ2v) is 4.01. The molecule has 0 saturated carbocycles. The summed E-state index contributed by atoms with van der Waals surface area (Å²) >= 11 is 0. The summed E-state index contributed by atoms with van der Waals surface area (Å²) in [4.78, 5) is 11.9. The summed E-state index contributed by atoms with van der Waals surface area (Å²) in [6.45, 7) is 3.53. The van der Waals surface area contributed by atoms with Crippen LogP contribution in [0.5, 0.6) is 0 Å². The summed E-state index contributed by atoms with van der Waals surface area (Å²) in [6, 6.07) is 11.3. The Morgan fingerprint density at radius 1 is 1.33 bits per heavy atom. The van der Waals surface area contributed by atoms with E-state index in [-0.39, 0.29) is 5.91 Å². The fraction of sp³-hybridized carbons (Fsp3) is 0.143. The lowest BCUT2D eigenvalue weighted by atomic mass is 10.1. The molecule has 0 fully saturated rings. The standard InChI is InChI=1S/C14H14N2O2/c1-10(8-12-6-4-3-5-7-12)14(17)15-13-9-11(2)18-16-13/h3-9H,1-2H3,(H,15,16,17)/b10-8+. The summed E-state index contributed by atoms with van der Waals surface area (Å²) in [7, 11) is 0. The van der Waals surface area contributed by atoms with Gasteiger partial charge in [0.1, 0.15) is 5.76 Å². The van der Waals surface area contributed by atoms with E-state index in [1.807, 2.05) is 36.4 Å². The van der Waals surface area contributed by atoms with Crippen molar-refractivity contribution >= 4 is 17.8 Å². The minimum atomic E-state index is -0.188. The third kappa shape index (κ3) is 3.07. The maximum Gasteiger partial charge on any atom is 0.252 e. The maximum atomic E-state index is 11.9. The largest absolute Gasteiger partial charge is 0.360 e. The van der Waals surface area contributed by atoms with Crippen LogP contribution in [0.15, 0.2) is 46.5 Å². The predicted molar refractivity (Wildman–Crippen MR) is 70.0 cm³/mol. The molecule has 0 aliphatic carbocycles. The van der Waals surface area contributed by atoms with Crippen molar-refractivity contribution in [2.24, 2.45) is 0 Å². The van der Waals surface area contributed by atoms with Gasteiger partial charge in [0.25, 0.3) is 5.91 Å². The number of carbonyl (C=O) groups excluding carboxylic acids is 1. The summed E-state index contributed by atoms with van der Waals surface area (Å²) in [5.74, 6) is 0.903. The molecule has 0 bridgehead atoms. The molecule has 0 aliphatic heterocycles. The molecule has 2 rings (SSSR count). The fourth-order valence-corrected chi connectivity index (χ4v) is 1.51. The molecular formula is C14H14N2O2. The van der Waals surface area contributed by atoms with Crippen molar-refractivity contribution in [1.82, 2.24) is 5.16 Å². The zero-order chi connectivity index (χ0) is 13.0. The topological polar surface area (TPSA) is 55.1 Å². The molecule has 0 unspecified atom stereocenters. The first kappa shape index (κ1) is 12.1. The van der Waals surface area contributed by atoms with Crippen LogP contribution in [0.2, 0.25) is 0 Å². The van der Waals surface area contributed by atoms with Gasteiger partial charge in [0.15, 0.2) is 5.82 Å². The predicted octanol–water partition coefficient (Wildman–Crippen LogP) is 3.03. The van der Waals surface area contributed by atoms with E-state index in [1.165, 1.54) is 0 Å². The van der Waals surface area contributed by atoms with E-state index in [0.717, 1.165) is 5.56 Å². The van der Waals surface area contributed by atoms with E-state index in [9.17, 15) is 4.79 Å². The lowest BCUT2D eigenvalue weighted by molar-refractivity contribution is -0.112. The number of benzene rings is 1. The highest BCUT2D eigenvalue weighted by atomic mass is 16.5. The first-order chi connectivity index (χ1) is 8.65. The quantitative estimate of drug-likeness (QED) is 0.842. The van der Waals surface area contributed by atoms with Crippen LogP contribution in [0.3, 0.4) is 0 Å². The van der Waals surface area contributed by atoms with E-state index in [2.05, 4.69) is 10.5 Å². The third-order valence-electron chi connectivity index (χ3n) is 2.41. The first-order valence-electron chi connectivity index (χ1n) is 5.63. The second-order valence-electron chi connectivity index (χ2n) is 4.01. The Morgan fingerprint density at radius 2 is 2.06 bits per heavy atom. The molecule has 1 aromatic carbocycles. The van der Waals surface area contributed by atoms with Crippen LogP contribution in [-0.2, 0) is 4.79 Å². The highest BCUT2D eigenvalue weighted by molar-refractivity contribution is 6.05. The van der Waals surface area contributed by atoms with Crippen molar-refractivity contribution in [2.75, 3.05) is 5.32 Å². The van der Waals surface area contributed by atoms with Gasteiger partial charge in [-0.25, -0.2) is 0 Å². The van der Waals surface area contributed by atoms with E-state index in [4.69, 9.17) is 4.52 Å². The average molecular weight is 242 g/mol. The third-order valence-corrected chi connectivity index (χ3v) is 2.41. The minimum absolute atomic E-state index is 0.188. The highest BCUT2D eigenvalue weighted by Crippen LogP contribution is 2.11. The lowest BCUT2D eigenvalue weighted by Gasteiger charge is -2.01. The first-order valence-corrected chi connectivity index (χ1v) is 5.63. The van der Waals surface area contributed by atoms with Crippen LogP contribution < -0.4 is 5.32 Å². The summed E-state index contributed by atoms with van der Waals surface area (Å²) in [5.41, 5.74) is 1.60. The summed E-state index contributed by atoms with van der Waals surface area (Å²) in [6.07, 6.45) is 1.82. The molecule has 1 N–H and O–H groups in total. The Labute approximate surface area is 105 Å². The van der Waals surface area contributed by atoms with Crippen molar-refractivity contribution in [3.63, 3.8) is 0 Å². The molecule has 0 atom stereocenters. The zero-order valence-electron chi connectivity index (χ0n) is 10.3. The Morgan fingerprint density at radius 3 is 2.67 bits per heavy atom. The van der Waals surface area contributed by atoms with Gasteiger partial charge < -0.3 is 9.84 Å². The highest BCUT2D eigenvalue weighted by Gasteiger charge is 2.07. The fourth-order valence-electron chi connectivity index (χ4n) is 1.51. The number of nitrogens with one attached hydrogen (secondary N) is 1. The Kier molecular flexibility index (Phi) is 3.57. The smallest absolute Gasteiger partial charge is 0.252 e.